The topological polar surface area (TPSA) is 133 Å². The number of fused-ring (bicyclic) bond motifs is 4. The van der Waals surface area contributed by atoms with Gasteiger partial charge in [-0.25, -0.2) is 22.9 Å². The van der Waals surface area contributed by atoms with Crippen molar-refractivity contribution in [3.63, 3.8) is 0 Å². The number of benzene rings is 1. The summed E-state index contributed by atoms with van der Waals surface area (Å²) >= 11 is 0.717. The Morgan fingerprint density at radius 1 is 1.33 bits per heavy atom. The van der Waals surface area contributed by atoms with E-state index < -0.39 is 23.9 Å². The minimum Gasteiger partial charge on any atom is -0.465 e. The number of likely N-dealkylation sites (N-methyl/N-ethyl adjacent to an activating group) is 1. The molecule has 0 spiro atoms. The van der Waals surface area contributed by atoms with Crippen LogP contribution in [0.2, 0.25) is 0 Å². The Morgan fingerprint density at radius 2 is 2.13 bits per heavy atom. The van der Waals surface area contributed by atoms with E-state index in [4.69, 9.17) is 9.47 Å². The second kappa shape index (κ2) is 9.60. The predicted molar refractivity (Wildman–Crippen MR) is 134 cm³/mol. The zero-order valence-electron chi connectivity index (χ0n) is 20.3. The van der Waals surface area contributed by atoms with Gasteiger partial charge < -0.3 is 14.6 Å². The Kier molecular flexibility index (Phi) is 6.21. The van der Waals surface area contributed by atoms with Gasteiger partial charge in [0.2, 0.25) is 0 Å². The Morgan fingerprint density at radius 3 is 2.85 bits per heavy atom. The van der Waals surface area contributed by atoms with Crippen molar-refractivity contribution in [1.29, 1.82) is 5.26 Å². The number of nitriles is 1. The number of hydrogen-bond acceptors (Lipinski definition) is 9. The highest BCUT2D eigenvalue weighted by molar-refractivity contribution is 7.23. The molecule has 2 N–H and O–H groups in total. The summed E-state index contributed by atoms with van der Waals surface area (Å²) in [4.78, 5) is 25.8. The first kappa shape index (κ1) is 25.2. The molecular formula is C25H19F3N6O4S. The second-order valence-electron chi connectivity index (χ2n) is 9.30. The quantitative estimate of drug-likeness (QED) is 0.362. The fourth-order valence-electron chi connectivity index (χ4n) is 5.14. The standard InChI is InChI=1S/C25H19F3N6O4S/c1-34-6-10(26)2-11(34)7-38-24-31-4-13-14-8-37-9-15(14)17(19(28)20(13)32-24)21-18-12(3-29)23(33-25(35)36)39-22(18)16(27)5-30-21/h4-5,10-11,33H,2,6-9H2,1H3,(H,35,36)/t10-,11-/m0/s1. The third kappa shape index (κ3) is 4.19. The number of rotatable bonds is 5. The number of hydrogen-bond donors (Lipinski definition) is 2. The Bertz CT molecular complexity index is 1710. The van der Waals surface area contributed by atoms with Crippen LogP contribution in [0.3, 0.4) is 0 Å². The number of anilines is 1. The van der Waals surface area contributed by atoms with Crippen molar-refractivity contribution in [2.45, 2.75) is 31.8 Å². The maximum Gasteiger partial charge on any atom is 0.409 e. The van der Waals surface area contributed by atoms with Gasteiger partial charge in [-0.3, -0.25) is 15.2 Å². The van der Waals surface area contributed by atoms with Crippen LogP contribution in [-0.4, -0.2) is 63.5 Å². The molecule has 200 valence electrons. The molecule has 4 aromatic rings. The van der Waals surface area contributed by atoms with E-state index in [0.29, 0.717) is 40.8 Å². The van der Waals surface area contributed by atoms with Crippen molar-refractivity contribution in [3.05, 3.63) is 40.7 Å². The number of nitrogens with one attached hydrogen (secondary N) is 1. The summed E-state index contributed by atoms with van der Waals surface area (Å²) in [5, 5.41) is 21.4. The van der Waals surface area contributed by atoms with Crippen LogP contribution in [0.1, 0.15) is 23.1 Å². The van der Waals surface area contributed by atoms with Crippen LogP contribution >= 0.6 is 11.3 Å². The predicted octanol–water partition coefficient (Wildman–Crippen LogP) is 4.60. The molecule has 3 aromatic heterocycles. The van der Waals surface area contributed by atoms with Crippen molar-refractivity contribution in [1.82, 2.24) is 19.9 Å². The molecule has 1 saturated heterocycles. The lowest BCUT2D eigenvalue weighted by molar-refractivity contribution is 0.135. The maximum absolute atomic E-state index is 16.3. The van der Waals surface area contributed by atoms with Crippen LogP contribution in [0, 0.1) is 23.0 Å². The van der Waals surface area contributed by atoms with E-state index in [1.54, 1.807) is 7.05 Å². The molecular weight excluding hydrogens is 537 g/mol. The Labute approximate surface area is 222 Å². The molecule has 2 aliphatic rings. The molecule has 2 aliphatic heterocycles. The van der Waals surface area contributed by atoms with Crippen molar-refractivity contribution in [3.8, 4) is 23.3 Å². The third-order valence-corrected chi connectivity index (χ3v) is 8.07. The fraction of sp³-hybridized carbons (Fsp3) is 0.320. The van der Waals surface area contributed by atoms with Gasteiger partial charge in [0.05, 0.1) is 35.4 Å². The van der Waals surface area contributed by atoms with Gasteiger partial charge in [-0.2, -0.15) is 10.2 Å². The van der Waals surface area contributed by atoms with E-state index in [0.717, 1.165) is 6.20 Å². The number of alkyl halides is 1. The first-order chi connectivity index (χ1) is 18.8. The highest BCUT2D eigenvalue weighted by Crippen LogP contribution is 2.45. The van der Waals surface area contributed by atoms with E-state index in [-0.39, 0.29) is 69.3 Å². The summed E-state index contributed by atoms with van der Waals surface area (Å²) in [6.07, 6.45) is 0.249. The SMILES string of the molecule is CN1C[C@@H](F)C[C@H]1COc1ncc2c3c(c(-c4ncc(F)c5sc(NC(=O)O)c(C#N)c45)c(F)c2n1)COC3. The number of amides is 1. The van der Waals surface area contributed by atoms with E-state index >= 15 is 4.39 Å². The summed E-state index contributed by atoms with van der Waals surface area (Å²) in [5.41, 5.74) is 0.727. The van der Waals surface area contributed by atoms with Crippen LogP contribution < -0.4 is 10.1 Å². The zero-order valence-corrected chi connectivity index (χ0v) is 21.1. The molecule has 1 aromatic carbocycles. The molecule has 0 unspecified atom stereocenters. The van der Waals surface area contributed by atoms with E-state index in [2.05, 4.69) is 20.3 Å². The van der Waals surface area contributed by atoms with Gasteiger partial charge in [-0.15, -0.1) is 11.3 Å². The molecule has 5 heterocycles. The van der Waals surface area contributed by atoms with Gasteiger partial charge >= 0.3 is 12.1 Å². The number of ether oxygens (including phenoxy) is 2. The zero-order chi connectivity index (χ0) is 27.4. The molecule has 10 nitrogen and oxygen atoms in total. The van der Waals surface area contributed by atoms with Gasteiger partial charge in [-0.05, 0) is 24.6 Å². The highest BCUT2D eigenvalue weighted by atomic mass is 32.1. The lowest BCUT2D eigenvalue weighted by Crippen LogP contribution is -2.30. The summed E-state index contributed by atoms with van der Waals surface area (Å²) < 4.78 is 56.1. The first-order valence-electron chi connectivity index (χ1n) is 11.8. The number of pyridine rings is 1. The number of aromatic nitrogens is 3. The molecule has 1 fully saturated rings. The smallest absolute Gasteiger partial charge is 0.409 e. The Hall–Kier alpha value is -4.06. The second-order valence-corrected chi connectivity index (χ2v) is 10.3. The summed E-state index contributed by atoms with van der Waals surface area (Å²) in [6.45, 7) is 0.580. The largest absolute Gasteiger partial charge is 0.465 e. The van der Waals surface area contributed by atoms with Crippen LogP contribution in [-0.2, 0) is 18.0 Å². The average molecular weight is 557 g/mol. The summed E-state index contributed by atoms with van der Waals surface area (Å²) in [5.74, 6) is -1.58. The molecule has 2 atom stereocenters. The molecule has 0 radical (unpaired) electrons. The molecule has 6 rings (SSSR count). The molecule has 0 saturated carbocycles. The van der Waals surface area contributed by atoms with E-state index in [1.165, 1.54) is 6.20 Å². The lowest BCUT2D eigenvalue weighted by Gasteiger charge is -2.18. The van der Waals surface area contributed by atoms with Gasteiger partial charge in [-0.1, -0.05) is 0 Å². The number of thiophene rings is 1. The molecule has 0 aliphatic carbocycles. The molecule has 39 heavy (non-hydrogen) atoms. The van der Waals surface area contributed by atoms with Crippen LogP contribution in [0.5, 0.6) is 6.01 Å². The van der Waals surface area contributed by atoms with Crippen molar-refractivity contribution in [2.24, 2.45) is 0 Å². The number of halogens is 3. The van der Waals surface area contributed by atoms with Gasteiger partial charge in [0.25, 0.3) is 0 Å². The van der Waals surface area contributed by atoms with Crippen LogP contribution in [0.15, 0.2) is 12.4 Å². The van der Waals surface area contributed by atoms with E-state index in [9.17, 15) is 23.9 Å². The van der Waals surface area contributed by atoms with Crippen LogP contribution in [0.25, 0.3) is 32.2 Å². The monoisotopic (exact) mass is 556 g/mol. The van der Waals surface area contributed by atoms with Crippen molar-refractivity contribution in [2.75, 3.05) is 25.5 Å². The number of carbonyl (C=O) groups is 1. The van der Waals surface area contributed by atoms with Crippen molar-refractivity contribution < 1.29 is 32.5 Å². The maximum atomic E-state index is 16.3. The molecule has 14 heteroatoms. The minimum atomic E-state index is -1.44. The number of carboxylic acid groups (broad SMARTS) is 1. The summed E-state index contributed by atoms with van der Waals surface area (Å²) in [7, 11) is 1.79. The van der Waals surface area contributed by atoms with E-state index in [1.807, 2.05) is 11.0 Å². The van der Waals surface area contributed by atoms with Gasteiger partial charge in [0, 0.05) is 35.1 Å². The van der Waals surface area contributed by atoms with Gasteiger partial charge in [0.1, 0.15) is 29.4 Å². The first-order valence-corrected chi connectivity index (χ1v) is 12.6. The summed E-state index contributed by atoms with van der Waals surface area (Å²) in [6, 6.07) is 1.62. The highest BCUT2D eigenvalue weighted by Gasteiger charge is 2.32. The minimum absolute atomic E-state index is 0.0193. The third-order valence-electron chi connectivity index (χ3n) is 6.96. The van der Waals surface area contributed by atoms with Crippen LogP contribution in [0.4, 0.5) is 23.0 Å². The average Bonchev–Trinajstić information content (AvgIpc) is 3.60. The number of nitrogens with zero attached hydrogens (tertiary/aromatic N) is 5. The number of likely N-dealkylation sites (tertiary alicyclic amines) is 1. The lowest BCUT2D eigenvalue weighted by atomic mass is 9.94. The van der Waals surface area contributed by atoms with Gasteiger partial charge in [0.15, 0.2) is 11.6 Å². The molecule has 0 bridgehead atoms. The normalized spacial score (nSPS) is 18.9. The molecule has 1 amide bonds. The van der Waals surface area contributed by atoms with Crippen molar-refractivity contribution >= 4 is 43.4 Å². The fourth-order valence-corrected chi connectivity index (χ4v) is 6.19. The Balaban J connectivity index is 1.51.